The average molecular weight is 449 g/mol. The Morgan fingerprint density at radius 2 is 1.94 bits per heavy atom. The van der Waals surface area contributed by atoms with Gasteiger partial charge in [0.25, 0.3) is 0 Å². The van der Waals surface area contributed by atoms with E-state index in [4.69, 9.17) is 14.2 Å². The van der Waals surface area contributed by atoms with E-state index in [1.165, 1.54) is 20.3 Å². The molecule has 0 aromatic heterocycles. The molecule has 1 amide bonds. The van der Waals surface area contributed by atoms with Gasteiger partial charge in [-0.25, -0.2) is 13.1 Å². The van der Waals surface area contributed by atoms with Gasteiger partial charge in [-0.15, -0.1) is 0 Å². The number of nitrogens with zero attached hydrogens (tertiary/aromatic N) is 1. The molecule has 0 spiro atoms. The van der Waals surface area contributed by atoms with Crippen molar-refractivity contribution in [2.75, 3.05) is 40.5 Å². The summed E-state index contributed by atoms with van der Waals surface area (Å²) in [6.45, 7) is 1.65. The van der Waals surface area contributed by atoms with Crippen LogP contribution in [-0.2, 0) is 19.6 Å². The third-order valence-electron chi connectivity index (χ3n) is 5.11. The highest BCUT2D eigenvalue weighted by Gasteiger charge is 2.25. The number of sulfonamides is 1. The van der Waals surface area contributed by atoms with E-state index >= 15 is 0 Å². The molecular weight excluding hydrogens is 420 g/mol. The molecule has 1 fully saturated rings. The van der Waals surface area contributed by atoms with Gasteiger partial charge in [-0.3, -0.25) is 4.79 Å². The second-order valence-electron chi connectivity index (χ2n) is 7.13. The second kappa shape index (κ2) is 10.6. The molecule has 1 saturated heterocycles. The number of benzene rings is 2. The van der Waals surface area contributed by atoms with Crippen LogP contribution in [0.25, 0.3) is 0 Å². The van der Waals surface area contributed by atoms with Crippen molar-refractivity contribution in [2.45, 2.75) is 23.8 Å². The maximum absolute atomic E-state index is 12.7. The van der Waals surface area contributed by atoms with Gasteiger partial charge in [0.15, 0.2) is 0 Å². The fourth-order valence-electron chi connectivity index (χ4n) is 3.42. The molecule has 2 aromatic rings. The van der Waals surface area contributed by atoms with E-state index in [1.807, 2.05) is 30.3 Å². The highest BCUT2D eigenvalue weighted by Crippen LogP contribution is 2.28. The van der Waals surface area contributed by atoms with Gasteiger partial charge in [0, 0.05) is 25.6 Å². The van der Waals surface area contributed by atoms with Crippen LogP contribution in [0, 0.1) is 0 Å². The van der Waals surface area contributed by atoms with Gasteiger partial charge >= 0.3 is 0 Å². The molecule has 0 bridgehead atoms. The minimum atomic E-state index is -3.80. The third-order valence-corrected chi connectivity index (χ3v) is 6.59. The molecule has 0 saturated carbocycles. The van der Waals surface area contributed by atoms with Crippen LogP contribution in [0.15, 0.2) is 53.4 Å². The quantitative estimate of drug-likeness (QED) is 0.592. The Morgan fingerprint density at radius 1 is 1.16 bits per heavy atom. The number of hydrogen-bond donors (Lipinski definition) is 1. The lowest BCUT2D eigenvalue weighted by Gasteiger charge is -2.33. The molecule has 9 heteroatoms. The Hall–Kier alpha value is -2.62. The molecule has 0 aliphatic carbocycles. The van der Waals surface area contributed by atoms with Gasteiger partial charge in [0.05, 0.1) is 27.4 Å². The zero-order chi connectivity index (χ0) is 22.3. The van der Waals surface area contributed by atoms with Crippen molar-refractivity contribution in [3.8, 4) is 11.5 Å². The summed E-state index contributed by atoms with van der Waals surface area (Å²) in [5, 5.41) is 0. The van der Waals surface area contributed by atoms with E-state index in [2.05, 4.69) is 4.72 Å². The summed E-state index contributed by atoms with van der Waals surface area (Å²) < 4.78 is 43.9. The zero-order valence-electron chi connectivity index (χ0n) is 17.7. The van der Waals surface area contributed by atoms with Crippen LogP contribution in [0.1, 0.15) is 24.5 Å². The second-order valence-corrected chi connectivity index (χ2v) is 8.86. The van der Waals surface area contributed by atoms with Crippen molar-refractivity contribution in [3.63, 3.8) is 0 Å². The number of nitrogens with one attached hydrogen (secondary N) is 1. The van der Waals surface area contributed by atoms with Crippen LogP contribution in [0.4, 0.5) is 0 Å². The number of amides is 1. The number of rotatable bonds is 9. The molecule has 168 valence electrons. The molecule has 2 aromatic carbocycles. The van der Waals surface area contributed by atoms with Crippen molar-refractivity contribution in [1.29, 1.82) is 0 Å². The average Bonchev–Trinajstić information content (AvgIpc) is 2.82. The largest absolute Gasteiger partial charge is 0.497 e. The fourth-order valence-corrected chi connectivity index (χ4v) is 4.68. The van der Waals surface area contributed by atoms with Crippen LogP contribution >= 0.6 is 0 Å². The Labute approximate surface area is 183 Å². The monoisotopic (exact) mass is 448 g/mol. The first-order chi connectivity index (χ1) is 14.9. The molecule has 0 radical (unpaired) electrons. The Balaban J connectivity index is 1.51. The van der Waals surface area contributed by atoms with Crippen LogP contribution in [-0.4, -0.2) is 59.7 Å². The van der Waals surface area contributed by atoms with E-state index in [9.17, 15) is 13.2 Å². The number of ether oxygens (including phenoxy) is 3. The van der Waals surface area contributed by atoms with E-state index in [0.717, 1.165) is 5.56 Å². The summed E-state index contributed by atoms with van der Waals surface area (Å²) in [7, 11) is -0.932. The third kappa shape index (κ3) is 5.96. The maximum atomic E-state index is 12.7. The lowest BCUT2D eigenvalue weighted by atomic mass is 10.1. The number of carbonyl (C=O) groups excluding carboxylic acids is 1. The van der Waals surface area contributed by atoms with Gasteiger partial charge < -0.3 is 19.1 Å². The number of carbonyl (C=O) groups is 1. The minimum Gasteiger partial charge on any atom is -0.497 e. The van der Waals surface area contributed by atoms with Gasteiger partial charge in [-0.2, -0.15) is 0 Å². The van der Waals surface area contributed by atoms with Crippen molar-refractivity contribution in [1.82, 2.24) is 9.62 Å². The summed E-state index contributed by atoms with van der Waals surface area (Å²) in [6, 6.07) is 14.4. The van der Waals surface area contributed by atoms with Crippen molar-refractivity contribution in [2.24, 2.45) is 0 Å². The first-order valence-electron chi connectivity index (χ1n) is 10.1. The highest BCUT2D eigenvalue weighted by molar-refractivity contribution is 7.89. The molecule has 1 aliphatic heterocycles. The first kappa shape index (κ1) is 23.1. The van der Waals surface area contributed by atoms with Gasteiger partial charge in [0.2, 0.25) is 15.9 Å². The van der Waals surface area contributed by atoms with Crippen molar-refractivity contribution < 1.29 is 27.4 Å². The van der Waals surface area contributed by atoms with Crippen LogP contribution in [0.2, 0.25) is 0 Å². The predicted octanol–water partition coefficient (Wildman–Crippen LogP) is 2.36. The van der Waals surface area contributed by atoms with Crippen molar-refractivity contribution >= 4 is 15.9 Å². The number of methoxy groups -OCH3 is 2. The standard InChI is InChI=1S/C22H28N2O6S/c1-28-18-10-11-19(29-2)21(15-18)31(26,27)23-12-6-9-22(25)24-13-14-30-20(16-24)17-7-4-3-5-8-17/h3-5,7-8,10-11,15,20,23H,6,9,12-14,16H2,1-2H3. The summed E-state index contributed by atoms with van der Waals surface area (Å²) in [4.78, 5) is 14.4. The molecule has 8 nitrogen and oxygen atoms in total. The van der Waals surface area contributed by atoms with Crippen LogP contribution < -0.4 is 14.2 Å². The van der Waals surface area contributed by atoms with Crippen molar-refractivity contribution in [3.05, 3.63) is 54.1 Å². The maximum Gasteiger partial charge on any atom is 0.244 e. The number of hydrogen-bond acceptors (Lipinski definition) is 6. The summed E-state index contributed by atoms with van der Waals surface area (Å²) >= 11 is 0. The molecule has 31 heavy (non-hydrogen) atoms. The zero-order valence-corrected chi connectivity index (χ0v) is 18.6. The Morgan fingerprint density at radius 3 is 2.65 bits per heavy atom. The molecular formula is C22H28N2O6S. The summed E-state index contributed by atoms with van der Waals surface area (Å²) in [6.07, 6.45) is 0.495. The van der Waals surface area contributed by atoms with Crippen LogP contribution in [0.3, 0.4) is 0 Å². The SMILES string of the molecule is COc1ccc(OC)c(S(=O)(=O)NCCCC(=O)N2CCOC(c3ccccc3)C2)c1. The lowest BCUT2D eigenvalue weighted by Crippen LogP contribution is -2.42. The smallest absolute Gasteiger partial charge is 0.244 e. The first-order valence-corrected chi connectivity index (χ1v) is 11.6. The topological polar surface area (TPSA) is 94.2 Å². The highest BCUT2D eigenvalue weighted by atomic mass is 32.2. The normalized spacial score (nSPS) is 16.7. The Kier molecular flexibility index (Phi) is 7.89. The molecule has 3 rings (SSSR count). The number of morpholine rings is 1. The van der Waals surface area contributed by atoms with E-state index in [-0.39, 0.29) is 35.6 Å². The van der Waals surface area contributed by atoms with Gasteiger partial charge in [-0.05, 0) is 24.1 Å². The molecule has 1 unspecified atom stereocenters. The van der Waals surface area contributed by atoms with Gasteiger partial charge in [-0.1, -0.05) is 30.3 Å². The summed E-state index contributed by atoms with van der Waals surface area (Å²) in [5.74, 6) is 0.628. The summed E-state index contributed by atoms with van der Waals surface area (Å²) in [5.41, 5.74) is 1.04. The van der Waals surface area contributed by atoms with E-state index < -0.39 is 10.0 Å². The van der Waals surface area contributed by atoms with Crippen LogP contribution in [0.5, 0.6) is 11.5 Å². The molecule has 1 aliphatic rings. The predicted molar refractivity (Wildman–Crippen MR) is 116 cm³/mol. The van der Waals surface area contributed by atoms with E-state index in [0.29, 0.717) is 31.9 Å². The lowest BCUT2D eigenvalue weighted by molar-refractivity contribution is -0.139. The molecule has 1 N–H and O–H groups in total. The Bertz CT molecular complexity index is 981. The molecule has 1 heterocycles. The molecule has 1 atom stereocenters. The fraction of sp³-hybridized carbons (Fsp3) is 0.409. The van der Waals surface area contributed by atoms with Gasteiger partial charge in [0.1, 0.15) is 22.5 Å². The minimum absolute atomic E-state index is 0.000409. The van der Waals surface area contributed by atoms with E-state index in [1.54, 1.807) is 17.0 Å².